The molecule has 0 saturated heterocycles. The van der Waals surface area contributed by atoms with Gasteiger partial charge in [0.1, 0.15) is 17.1 Å². The topological polar surface area (TPSA) is 30.5 Å². The average molecular weight is 289 g/mol. The molecule has 1 aromatic carbocycles. The summed E-state index contributed by atoms with van der Waals surface area (Å²) >= 11 is 0. The zero-order valence-corrected chi connectivity index (χ0v) is 13.4. The van der Waals surface area contributed by atoms with Gasteiger partial charge >= 0.3 is 0 Å². The van der Waals surface area contributed by atoms with E-state index in [9.17, 15) is 0 Å². The van der Waals surface area contributed by atoms with Gasteiger partial charge in [-0.2, -0.15) is 0 Å². The predicted molar refractivity (Wildman–Crippen MR) is 85.0 cm³/mol. The van der Waals surface area contributed by atoms with E-state index in [1.54, 1.807) is 7.11 Å². The van der Waals surface area contributed by atoms with Gasteiger partial charge in [-0.25, -0.2) is 0 Å². The summed E-state index contributed by atoms with van der Waals surface area (Å²) in [4.78, 5) is 0. The smallest absolute Gasteiger partial charge is 0.128 e. The van der Waals surface area contributed by atoms with Gasteiger partial charge in [0.05, 0.1) is 7.11 Å². The maximum Gasteiger partial charge on any atom is 0.128 e. The van der Waals surface area contributed by atoms with Crippen LogP contribution in [0, 0.1) is 5.92 Å². The lowest BCUT2D eigenvalue weighted by Crippen LogP contribution is -2.46. The van der Waals surface area contributed by atoms with Crippen LogP contribution in [-0.2, 0) is 0 Å². The summed E-state index contributed by atoms with van der Waals surface area (Å²) in [6.45, 7) is 5.52. The minimum atomic E-state index is 0.0265. The van der Waals surface area contributed by atoms with Gasteiger partial charge in [0, 0.05) is 24.1 Å². The first-order chi connectivity index (χ1) is 10.2. The highest BCUT2D eigenvalue weighted by Gasteiger charge is 2.42. The van der Waals surface area contributed by atoms with Crippen molar-refractivity contribution in [3.63, 3.8) is 0 Å². The highest BCUT2D eigenvalue weighted by molar-refractivity contribution is 5.44. The van der Waals surface area contributed by atoms with Crippen LogP contribution in [0.5, 0.6) is 11.5 Å². The molecule has 1 aliphatic heterocycles. The van der Waals surface area contributed by atoms with Crippen molar-refractivity contribution in [3.05, 3.63) is 23.8 Å². The van der Waals surface area contributed by atoms with Crippen molar-refractivity contribution in [1.82, 2.24) is 5.32 Å². The maximum atomic E-state index is 6.51. The lowest BCUT2D eigenvalue weighted by molar-refractivity contribution is -0.0127. The zero-order valence-electron chi connectivity index (χ0n) is 13.4. The number of nitrogens with one attached hydrogen (secondary N) is 1. The number of benzene rings is 1. The summed E-state index contributed by atoms with van der Waals surface area (Å²) in [6.07, 6.45) is 5.99. The molecule has 1 N–H and O–H groups in total. The molecule has 0 aromatic heterocycles. The van der Waals surface area contributed by atoms with Crippen molar-refractivity contribution in [2.24, 2.45) is 5.92 Å². The van der Waals surface area contributed by atoms with Crippen LogP contribution in [0.2, 0.25) is 0 Å². The van der Waals surface area contributed by atoms with Crippen LogP contribution in [0.3, 0.4) is 0 Å². The molecule has 3 nitrogen and oxygen atoms in total. The molecule has 1 heterocycles. The molecule has 1 aromatic rings. The summed E-state index contributed by atoms with van der Waals surface area (Å²) in [5.41, 5.74) is 1.31. The SMILES string of the molecule is CCNC1CC2(CCC(C)CC2)Oc2cc(OC)ccc21. The lowest BCUT2D eigenvalue weighted by Gasteiger charge is -2.46. The summed E-state index contributed by atoms with van der Waals surface area (Å²) in [5, 5.41) is 3.64. The van der Waals surface area contributed by atoms with Gasteiger partial charge in [-0.1, -0.05) is 19.9 Å². The fraction of sp³-hybridized carbons (Fsp3) is 0.667. The standard InChI is InChI=1S/C18H27NO2/c1-4-19-16-12-18(9-7-13(2)8-10-18)21-17-11-14(20-3)5-6-15(16)17/h5-6,11,13,16,19H,4,7-10,12H2,1-3H3. The van der Waals surface area contributed by atoms with Crippen molar-refractivity contribution in [2.45, 2.75) is 57.6 Å². The van der Waals surface area contributed by atoms with Crippen LogP contribution in [0.4, 0.5) is 0 Å². The third-order valence-corrected chi connectivity index (χ3v) is 5.13. The molecular formula is C18H27NO2. The first-order valence-corrected chi connectivity index (χ1v) is 8.26. The lowest BCUT2D eigenvalue weighted by atomic mass is 9.74. The molecule has 0 radical (unpaired) electrons. The quantitative estimate of drug-likeness (QED) is 0.909. The van der Waals surface area contributed by atoms with Gasteiger partial charge in [0.25, 0.3) is 0 Å². The van der Waals surface area contributed by atoms with Crippen molar-refractivity contribution in [1.29, 1.82) is 0 Å². The van der Waals surface area contributed by atoms with E-state index in [1.165, 1.54) is 31.2 Å². The van der Waals surface area contributed by atoms with E-state index in [1.807, 2.05) is 6.07 Å². The number of hydrogen-bond acceptors (Lipinski definition) is 3. The fourth-order valence-corrected chi connectivity index (χ4v) is 3.80. The van der Waals surface area contributed by atoms with Gasteiger partial charge in [-0.05, 0) is 44.2 Å². The molecule has 3 rings (SSSR count). The summed E-state index contributed by atoms with van der Waals surface area (Å²) in [7, 11) is 1.71. The Kier molecular flexibility index (Phi) is 4.12. The van der Waals surface area contributed by atoms with Gasteiger partial charge in [0.2, 0.25) is 0 Å². The molecule has 1 spiro atoms. The third kappa shape index (κ3) is 2.89. The molecule has 1 atom stereocenters. The van der Waals surface area contributed by atoms with Crippen LogP contribution in [0.1, 0.15) is 57.6 Å². The number of fused-ring (bicyclic) bond motifs is 1. The van der Waals surface area contributed by atoms with Gasteiger partial charge in [0.15, 0.2) is 0 Å². The first kappa shape index (κ1) is 14.7. The van der Waals surface area contributed by atoms with Crippen molar-refractivity contribution >= 4 is 0 Å². The second-order valence-electron chi connectivity index (χ2n) is 6.69. The van der Waals surface area contributed by atoms with Crippen molar-refractivity contribution in [2.75, 3.05) is 13.7 Å². The van der Waals surface area contributed by atoms with E-state index in [-0.39, 0.29) is 5.60 Å². The molecule has 1 unspecified atom stereocenters. The number of methoxy groups -OCH3 is 1. The second kappa shape index (κ2) is 5.88. The van der Waals surface area contributed by atoms with E-state index in [2.05, 4.69) is 31.3 Å². The van der Waals surface area contributed by atoms with Crippen LogP contribution in [0.15, 0.2) is 18.2 Å². The Labute approximate surface area is 128 Å². The third-order valence-electron chi connectivity index (χ3n) is 5.13. The molecule has 116 valence electrons. The molecule has 0 bridgehead atoms. The van der Waals surface area contributed by atoms with E-state index in [0.717, 1.165) is 30.4 Å². The monoisotopic (exact) mass is 289 g/mol. The normalized spacial score (nSPS) is 31.6. The molecule has 2 aliphatic rings. The highest BCUT2D eigenvalue weighted by Crippen LogP contribution is 2.47. The summed E-state index contributed by atoms with van der Waals surface area (Å²) in [5.74, 6) is 2.73. The van der Waals surface area contributed by atoms with Crippen molar-refractivity contribution in [3.8, 4) is 11.5 Å². The Hall–Kier alpha value is -1.22. The Morgan fingerprint density at radius 1 is 1.33 bits per heavy atom. The molecule has 1 saturated carbocycles. The van der Waals surface area contributed by atoms with E-state index in [0.29, 0.717) is 6.04 Å². The largest absolute Gasteiger partial charge is 0.497 e. The van der Waals surface area contributed by atoms with E-state index < -0.39 is 0 Å². The molecule has 21 heavy (non-hydrogen) atoms. The number of rotatable bonds is 3. The predicted octanol–water partition coefficient (Wildman–Crippen LogP) is 4.08. The van der Waals surface area contributed by atoms with Crippen LogP contribution in [-0.4, -0.2) is 19.3 Å². The molecule has 1 aliphatic carbocycles. The van der Waals surface area contributed by atoms with E-state index >= 15 is 0 Å². The van der Waals surface area contributed by atoms with Crippen LogP contribution >= 0.6 is 0 Å². The van der Waals surface area contributed by atoms with Gasteiger partial charge < -0.3 is 14.8 Å². The molecular weight excluding hydrogens is 262 g/mol. The highest BCUT2D eigenvalue weighted by atomic mass is 16.5. The molecule has 0 amide bonds. The molecule has 1 fully saturated rings. The average Bonchev–Trinajstić information content (AvgIpc) is 2.50. The molecule has 3 heteroatoms. The first-order valence-electron chi connectivity index (χ1n) is 8.26. The summed E-state index contributed by atoms with van der Waals surface area (Å²) in [6, 6.07) is 6.64. The summed E-state index contributed by atoms with van der Waals surface area (Å²) < 4.78 is 11.9. The van der Waals surface area contributed by atoms with Crippen molar-refractivity contribution < 1.29 is 9.47 Å². The zero-order chi connectivity index (χ0) is 14.9. The Morgan fingerprint density at radius 3 is 2.76 bits per heavy atom. The van der Waals surface area contributed by atoms with Gasteiger partial charge in [-0.15, -0.1) is 0 Å². The van der Waals surface area contributed by atoms with Crippen LogP contribution in [0.25, 0.3) is 0 Å². The Balaban J connectivity index is 1.91. The number of hydrogen-bond donors (Lipinski definition) is 1. The minimum absolute atomic E-state index is 0.0265. The minimum Gasteiger partial charge on any atom is -0.497 e. The maximum absolute atomic E-state index is 6.51. The number of ether oxygens (including phenoxy) is 2. The Morgan fingerprint density at radius 2 is 2.10 bits per heavy atom. The Bertz CT molecular complexity index is 492. The van der Waals surface area contributed by atoms with Gasteiger partial charge in [-0.3, -0.25) is 0 Å². The second-order valence-corrected chi connectivity index (χ2v) is 6.69. The van der Waals surface area contributed by atoms with E-state index in [4.69, 9.17) is 9.47 Å². The fourth-order valence-electron chi connectivity index (χ4n) is 3.80. The van der Waals surface area contributed by atoms with Crippen LogP contribution < -0.4 is 14.8 Å².